The van der Waals surface area contributed by atoms with Crippen LogP contribution in [0.15, 0.2) is 17.4 Å². The largest absolute Gasteiger partial charge is 0.453 e. The zero-order valence-electron chi connectivity index (χ0n) is 22.6. The predicted octanol–water partition coefficient (Wildman–Crippen LogP) is 3.07. The van der Waals surface area contributed by atoms with E-state index in [9.17, 15) is 22.0 Å². The molecule has 38 heavy (non-hydrogen) atoms. The zero-order valence-corrected chi connectivity index (χ0v) is 19.6. The second kappa shape index (κ2) is 7.94. The van der Waals surface area contributed by atoms with Crippen LogP contribution in [0.1, 0.15) is 40.5 Å². The summed E-state index contributed by atoms with van der Waals surface area (Å²) >= 11 is 0. The summed E-state index contributed by atoms with van der Waals surface area (Å²) in [5.41, 5.74) is 6.25. The predicted molar refractivity (Wildman–Crippen MR) is 124 cm³/mol. The molecule has 11 nitrogen and oxygen atoms in total. The van der Waals surface area contributed by atoms with Gasteiger partial charge in [0.25, 0.3) is 0 Å². The number of halogens is 5. The highest BCUT2D eigenvalue weighted by molar-refractivity contribution is 5.93. The fourth-order valence-corrected chi connectivity index (χ4v) is 4.72. The van der Waals surface area contributed by atoms with Gasteiger partial charge in [-0.05, 0) is 18.8 Å². The number of aliphatic imine (C=N–C) groups is 1. The SMILES string of the molecule is [2H]C([2H])([2H])n1ncc2c(-c3nc(N)c4c(n3)N=CC4(c3cn(C)nn3)C3CC3)nc(CCC(F)(F)C(F)(F)F)nc21. The number of hydrogen-bond acceptors (Lipinski definition) is 9. The van der Waals surface area contributed by atoms with E-state index in [0.717, 1.165) is 19.0 Å². The zero-order chi connectivity index (χ0) is 29.5. The van der Waals surface area contributed by atoms with Crippen LogP contribution in [0, 0.1) is 5.92 Å². The van der Waals surface area contributed by atoms with Crippen molar-refractivity contribution in [3.63, 3.8) is 0 Å². The molecule has 2 N–H and O–H groups in total. The lowest BCUT2D eigenvalue weighted by Gasteiger charge is -2.25. The van der Waals surface area contributed by atoms with Crippen LogP contribution in [-0.2, 0) is 25.9 Å². The van der Waals surface area contributed by atoms with Crippen LogP contribution in [0.25, 0.3) is 22.6 Å². The molecular formula is C22H20F5N11. The number of alkyl halides is 5. The van der Waals surface area contributed by atoms with Gasteiger partial charge in [0.1, 0.15) is 17.3 Å². The number of aryl methyl sites for hydroxylation is 3. The van der Waals surface area contributed by atoms with Crippen LogP contribution in [0.5, 0.6) is 0 Å². The number of nitrogens with two attached hydrogens (primary N) is 1. The van der Waals surface area contributed by atoms with E-state index in [2.05, 4.69) is 40.3 Å². The van der Waals surface area contributed by atoms with Gasteiger partial charge in [-0.1, -0.05) is 5.21 Å². The molecule has 1 atom stereocenters. The third kappa shape index (κ3) is 3.60. The Morgan fingerprint density at radius 3 is 2.61 bits per heavy atom. The van der Waals surface area contributed by atoms with E-state index in [1.807, 2.05) is 0 Å². The molecule has 1 fully saturated rings. The number of fused-ring (bicyclic) bond motifs is 2. The van der Waals surface area contributed by atoms with Gasteiger partial charge in [-0.15, -0.1) is 5.10 Å². The number of hydrogen-bond donors (Lipinski definition) is 1. The summed E-state index contributed by atoms with van der Waals surface area (Å²) < 4.78 is 91.0. The summed E-state index contributed by atoms with van der Waals surface area (Å²) in [6.45, 7) is -2.84. The van der Waals surface area contributed by atoms with Crippen molar-refractivity contribution >= 4 is 28.9 Å². The van der Waals surface area contributed by atoms with E-state index >= 15 is 0 Å². The van der Waals surface area contributed by atoms with E-state index in [1.165, 1.54) is 0 Å². The maximum absolute atomic E-state index is 13.7. The minimum atomic E-state index is -5.78. The Morgan fingerprint density at radius 1 is 1.16 bits per heavy atom. The van der Waals surface area contributed by atoms with Crippen molar-refractivity contribution in [2.75, 3.05) is 5.73 Å². The Hall–Kier alpha value is -4.11. The molecule has 0 radical (unpaired) electrons. The second-order valence-electron chi connectivity index (χ2n) is 9.29. The minimum Gasteiger partial charge on any atom is -0.383 e. The average molecular weight is 536 g/mol. The van der Waals surface area contributed by atoms with E-state index in [-0.39, 0.29) is 40.1 Å². The van der Waals surface area contributed by atoms with E-state index in [4.69, 9.17) is 9.85 Å². The van der Waals surface area contributed by atoms with Gasteiger partial charge < -0.3 is 5.73 Å². The lowest BCUT2D eigenvalue weighted by molar-refractivity contribution is -0.284. The maximum Gasteiger partial charge on any atom is 0.453 e. The average Bonchev–Trinajstić information content (AvgIpc) is 3.29. The lowest BCUT2D eigenvalue weighted by Crippen LogP contribution is -2.36. The van der Waals surface area contributed by atoms with Crippen molar-refractivity contribution < 1.29 is 26.1 Å². The van der Waals surface area contributed by atoms with Crippen LogP contribution in [-0.4, -0.2) is 63.0 Å². The third-order valence-electron chi connectivity index (χ3n) is 6.73. The molecular weight excluding hydrogens is 513 g/mol. The minimum absolute atomic E-state index is 0.0141. The molecule has 0 aromatic carbocycles. The van der Waals surface area contributed by atoms with Crippen molar-refractivity contribution in [2.24, 2.45) is 24.9 Å². The number of nitrogen functional groups attached to an aromatic ring is 1. The molecule has 0 bridgehead atoms. The Morgan fingerprint density at radius 2 is 1.95 bits per heavy atom. The summed E-state index contributed by atoms with van der Waals surface area (Å²) in [7, 11) is 1.72. The first kappa shape index (κ1) is 20.9. The van der Waals surface area contributed by atoms with Gasteiger partial charge >= 0.3 is 12.1 Å². The van der Waals surface area contributed by atoms with Crippen LogP contribution >= 0.6 is 0 Å². The van der Waals surface area contributed by atoms with Crippen molar-refractivity contribution in [1.82, 2.24) is 44.7 Å². The van der Waals surface area contributed by atoms with Crippen molar-refractivity contribution in [2.45, 2.75) is 43.2 Å². The monoisotopic (exact) mass is 536 g/mol. The van der Waals surface area contributed by atoms with Gasteiger partial charge in [-0.3, -0.25) is 9.36 Å². The van der Waals surface area contributed by atoms with Gasteiger partial charge in [0.15, 0.2) is 17.3 Å². The quantitative estimate of drug-likeness (QED) is 0.371. The molecule has 1 unspecified atom stereocenters. The van der Waals surface area contributed by atoms with Crippen LogP contribution in [0.4, 0.5) is 33.6 Å². The second-order valence-corrected chi connectivity index (χ2v) is 9.29. The first-order valence-corrected chi connectivity index (χ1v) is 11.4. The molecule has 0 amide bonds. The number of rotatable bonds is 6. The van der Waals surface area contributed by atoms with Crippen LogP contribution in [0.2, 0.25) is 0 Å². The fraction of sp³-hybridized carbons (Fsp3) is 0.455. The number of anilines is 1. The van der Waals surface area contributed by atoms with Crippen molar-refractivity contribution in [1.29, 1.82) is 0 Å². The normalized spacial score (nSPS) is 20.9. The van der Waals surface area contributed by atoms with Crippen molar-refractivity contribution in [3.05, 3.63) is 29.5 Å². The smallest absolute Gasteiger partial charge is 0.383 e. The maximum atomic E-state index is 13.7. The fourth-order valence-electron chi connectivity index (χ4n) is 4.72. The first-order valence-electron chi connectivity index (χ1n) is 12.9. The summed E-state index contributed by atoms with van der Waals surface area (Å²) in [6, 6.07) is 0. The molecule has 2 aliphatic rings. The lowest BCUT2D eigenvalue weighted by atomic mass is 9.76. The molecule has 1 aliphatic heterocycles. The molecule has 1 aliphatic carbocycles. The third-order valence-corrected chi connectivity index (χ3v) is 6.73. The molecule has 0 spiro atoms. The van der Waals surface area contributed by atoms with Gasteiger partial charge in [-0.2, -0.15) is 27.1 Å². The van der Waals surface area contributed by atoms with Gasteiger partial charge in [-0.25, -0.2) is 24.9 Å². The first-order chi connectivity index (χ1) is 19.1. The van der Waals surface area contributed by atoms with E-state index in [0.29, 0.717) is 15.9 Å². The van der Waals surface area contributed by atoms with Crippen molar-refractivity contribution in [3.8, 4) is 11.5 Å². The molecule has 0 saturated heterocycles. The standard InChI is InChI=1S/C22H20F5N11/c1-37-8-12(35-36-37)20(10-3-4-10)9-29-17-14(20)16(28)33-18(34-17)15-11-7-30-38(2)19(11)32-13(31-15)5-6-21(23,24)22(25,26)27/h7-10H,3-6H2,1-2H3,(H2,28,33,34)/i2D3. The Labute approximate surface area is 215 Å². The highest BCUT2D eigenvalue weighted by atomic mass is 19.4. The van der Waals surface area contributed by atoms with Gasteiger partial charge in [0, 0.05) is 43.4 Å². The van der Waals surface area contributed by atoms with Crippen LogP contribution in [0.3, 0.4) is 0 Å². The topological polar surface area (TPSA) is 138 Å². The van der Waals surface area contributed by atoms with Crippen LogP contribution < -0.4 is 5.73 Å². The summed E-state index contributed by atoms with van der Waals surface area (Å²) in [4.78, 5) is 21.5. The number of nitrogens with zero attached hydrogens (tertiary/aromatic N) is 10. The number of aromatic nitrogens is 9. The molecule has 1 saturated carbocycles. The molecule has 198 valence electrons. The highest BCUT2D eigenvalue weighted by Crippen LogP contribution is 2.55. The summed E-state index contributed by atoms with van der Waals surface area (Å²) in [6.07, 6.45) is -2.09. The van der Waals surface area contributed by atoms with Gasteiger partial charge in [0.05, 0.1) is 28.3 Å². The molecule has 5 heterocycles. The molecule has 4 aromatic heterocycles. The Balaban J connectivity index is 1.49. The highest BCUT2D eigenvalue weighted by Gasteiger charge is 2.57. The molecule has 16 heteroatoms. The summed E-state index contributed by atoms with van der Waals surface area (Å²) in [5.74, 6) is -5.35. The molecule has 6 rings (SSSR count). The molecule has 4 aromatic rings. The van der Waals surface area contributed by atoms with E-state index < -0.39 is 43.2 Å². The Kier molecular flexibility index (Phi) is 4.37. The van der Waals surface area contributed by atoms with E-state index in [1.54, 1.807) is 24.1 Å². The Bertz CT molecular complexity index is 1710. The summed E-state index contributed by atoms with van der Waals surface area (Å²) in [5, 5.41) is 12.1. The van der Waals surface area contributed by atoms with Gasteiger partial charge in [0.2, 0.25) is 0 Å².